The van der Waals surface area contributed by atoms with Crippen LogP contribution in [-0.4, -0.2) is 45.8 Å². The molecule has 1 aromatic heterocycles. The minimum atomic E-state index is -0.239. The van der Waals surface area contributed by atoms with Crippen molar-refractivity contribution in [1.82, 2.24) is 15.1 Å². The maximum absolute atomic E-state index is 11.7. The number of nitrogen functional groups attached to an aromatic ring is 1. The van der Waals surface area contributed by atoms with Crippen LogP contribution in [-0.2, 0) is 0 Å². The molecule has 6 heteroatoms. The molecule has 78 valence electrons. The van der Waals surface area contributed by atoms with E-state index in [4.69, 9.17) is 10.8 Å². The number of rotatable bonds is 4. The predicted octanol–water partition coefficient (Wildman–Crippen LogP) is -0.554. The number of nitrogens with one attached hydrogen (secondary N) is 1. The lowest BCUT2D eigenvalue weighted by atomic mass is 10.3. The average Bonchev–Trinajstić information content (AvgIpc) is 2.59. The van der Waals surface area contributed by atoms with Crippen molar-refractivity contribution >= 4 is 11.6 Å². The number of carbonyl (C=O) groups is 1. The second-order valence-electron chi connectivity index (χ2n) is 2.81. The van der Waals surface area contributed by atoms with E-state index in [1.807, 2.05) is 6.92 Å². The minimum Gasteiger partial charge on any atom is -0.396 e. The topological polar surface area (TPSA) is 95.2 Å². The number of aliphatic hydroxyl groups is 1. The summed E-state index contributed by atoms with van der Waals surface area (Å²) in [4.78, 5) is 13.2. The van der Waals surface area contributed by atoms with Crippen molar-refractivity contribution in [3.8, 4) is 0 Å². The Morgan fingerprint density at radius 3 is 2.93 bits per heavy atom. The van der Waals surface area contributed by atoms with E-state index in [1.165, 1.54) is 11.1 Å². The van der Waals surface area contributed by atoms with Crippen LogP contribution >= 0.6 is 0 Å². The van der Waals surface area contributed by atoms with Gasteiger partial charge in [0.05, 0.1) is 18.5 Å². The molecular formula is C8H14N4O2. The molecule has 1 amide bonds. The van der Waals surface area contributed by atoms with Gasteiger partial charge >= 0.3 is 0 Å². The SMILES string of the molecule is CCN(CCO)C(=O)c1[nH]ncc1N. The van der Waals surface area contributed by atoms with Gasteiger partial charge in [0, 0.05) is 13.1 Å². The van der Waals surface area contributed by atoms with Gasteiger partial charge in [-0.25, -0.2) is 0 Å². The molecule has 0 aromatic carbocycles. The Bertz CT molecular complexity index is 310. The molecule has 1 aromatic rings. The molecule has 4 N–H and O–H groups in total. The number of nitrogens with two attached hydrogens (primary N) is 1. The number of hydrogen-bond acceptors (Lipinski definition) is 4. The molecule has 0 bridgehead atoms. The number of aromatic nitrogens is 2. The standard InChI is InChI=1S/C8H14N4O2/c1-2-12(3-4-13)8(14)7-6(9)5-10-11-7/h5,13H,2-4,9H2,1H3,(H,10,11). The predicted molar refractivity (Wildman–Crippen MR) is 51.7 cm³/mol. The molecule has 0 aliphatic rings. The van der Waals surface area contributed by atoms with E-state index in [0.29, 0.717) is 18.8 Å². The van der Waals surface area contributed by atoms with E-state index in [0.717, 1.165) is 0 Å². The summed E-state index contributed by atoms with van der Waals surface area (Å²) in [5.74, 6) is -0.239. The summed E-state index contributed by atoms with van der Waals surface area (Å²) in [5.41, 5.74) is 6.13. The molecule has 0 fully saturated rings. The maximum Gasteiger partial charge on any atom is 0.274 e. The molecule has 0 radical (unpaired) electrons. The third-order valence-electron chi connectivity index (χ3n) is 1.92. The lowest BCUT2D eigenvalue weighted by Crippen LogP contribution is -2.34. The minimum absolute atomic E-state index is 0.0619. The number of carbonyl (C=O) groups excluding carboxylic acids is 1. The molecule has 0 saturated carbocycles. The number of aromatic amines is 1. The van der Waals surface area contributed by atoms with Crippen LogP contribution in [0.4, 0.5) is 5.69 Å². The zero-order valence-corrected chi connectivity index (χ0v) is 8.03. The molecular weight excluding hydrogens is 184 g/mol. The van der Waals surface area contributed by atoms with E-state index in [1.54, 1.807) is 0 Å². The zero-order chi connectivity index (χ0) is 10.6. The Morgan fingerprint density at radius 1 is 1.79 bits per heavy atom. The summed E-state index contributed by atoms with van der Waals surface area (Å²) in [6.07, 6.45) is 1.39. The Hall–Kier alpha value is -1.56. The molecule has 6 nitrogen and oxygen atoms in total. The smallest absolute Gasteiger partial charge is 0.274 e. The molecule has 14 heavy (non-hydrogen) atoms. The summed E-state index contributed by atoms with van der Waals surface area (Å²) >= 11 is 0. The van der Waals surface area contributed by atoms with Gasteiger partial charge in [-0.2, -0.15) is 5.10 Å². The number of nitrogens with zero attached hydrogens (tertiary/aromatic N) is 2. The van der Waals surface area contributed by atoms with Gasteiger partial charge in [-0.15, -0.1) is 0 Å². The van der Waals surface area contributed by atoms with Crippen molar-refractivity contribution in [1.29, 1.82) is 0 Å². The van der Waals surface area contributed by atoms with Crippen molar-refractivity contribution < 1.29 is 9.90 Å². The third kappa shape index (κ3) is 2.02. The first-order valence-electron chi connectivity index (χ1n) is 4.39. The van der Waals surface area contributed by atoms with Crippen LogP contribution in [0.3, 0.4) is 0 Å². The quantitative estimate of drug-likeness (QED) is 0.604. The summed E-state index contributed by atoms with van der Waals surface area (Å²) in [5, 5.41) is 14.9. The third-order valence-corrected chi connectivity index (χ3v) is 1.92. The molecule has 1 heterocycles. The van der Waals surface area contributed by atoms with Crippen molar-refractivity contribution in [3.05, 3.63) is 11.9 Å². The largest absolute Gasteiger partial charge is 0.396 e. The van der Waals surface area contributed by atoms with Gasteiger partial charge in [-0.1, -0.05) is 0 Å². The van der Waals surface area contributed by atoms with Gasteiger partial charge in [0.15, 0.2) is 0 Å². The summed E-state index contributed by atoms with van der Waals surface area (Å²) in [6, 6.07) is 0. The lowest BCUT2D eigenvalue weighted by molar-refractivity contribution is 0.0727. The Morgan fingerprint density at radius 2 is 2.50 bits per heavy atom. The summed E-state index contributed by atoms with van der Waals surface area (Å²) in [6.45, 7) is 2.60. The number of amides is 1. The second-order valence-corrected chi connectivity index (χ2v) is 2.81. The van der Waals surface area contributed by atoms with Crippen LogP contribution in [0.2, 0.25) is 0 Å². The number of hydrogen-bond donors (Lipinski definition) is 3. The first kappa shape index (κ1) is 10.5. The highest BCUT2D eigenvalue weighted by Crippen LogP contribution is 2.09. The van der Waals surface area contributed by atoms with Gasteiger partial charge in [0.1, 0.15) is 5.69 Å². The average molecular weight is 198 g/mol. The fraction of sp³-hybridized carbons (Fsp3) is 0.500. The Kier molecular flexibility index (Phi) is 3.47. The lowest BCUT2D eigenvalue weighted by Gasteiger charge is -2.18. The number of likely N-dealkylation sites (N-methyl/N-ethyl adjacent to an activating group) is 1. The highest BCUT2D eigenvalue weighted by molar-refractivity contribution is 5.96. The van der Waals surface area contributed by atoms with Gasteiger partial charge in [-0.05, 0) is 6.92 Å². The zero-order valence-electron chi connectivity index (χ0n) is 8.03. The van der Waals surface area contributed by atoms with Gasteiger partial charge in [-0.3, -0.25) is 9.89 Å². The highest BCUT2D eigenvalue weighted by atomic mass is 16.3. The Labute approximate surface area is 81.7 Å². The first-order valence-corrected chi connectivity index (χ1v) is 4.39. The number of anilines is 1. The fourth-order valence-electron chi connectivity index (χ4n) is 1.15. The van der Waals surface area contributed by atoms with Gasteiger partial charge < -0.3 is 15.7 Å². The fourth-order valence-corrected chi connectivity index (χ4v) is 1.15. The van der Waals surface area contributed by atoms with Gasteiger partial charge in [0.2, 0.25) is 0 Å². The molecule has 0 atom stereocenters. The number of aliphatic hydroxyl groups excluding tert-OH is 1. The highest BCUT2D eigenvalue weighted by Gasteiger charge is 2.17. The second kappa shape index (κ2) is 4.61. The van der Waals surface area contributed by atoms with Crippen LogP contribution < -0.4 is 5.73 Å². The number of H-pyrrole nitrogens is 1. The summed E-state index contributed by atoms with van der Waals surface area (Å²) < 4.78 is 0. The maximum atomic E-state index is 11.7. The van der Waals surface area contributed by atoms with Crippen LogP contribution in [0.15, 0.2) is 6.20 Å². The first-order chi connectivity index (χ1) is 6.70. The molecule has 0 spiro atoms. The van der Waals surface area contributed by atoms with Crippen LogP contribution in [0, 0.1) is 0 Å². The molecule has 0 aliphatic carbocycles. The van der Waals surface area contributed by atoms with E-state index in [9.17, 15) is 4.79 Å². The van der Waals surface area contributed by atoms with Crippen LogP contribution in [0.1, 0.15) is 17.4 Å². The monoisotopic (exact) mass is 198 g/mol. The van der Waals surface area contributed by atoms with E-state index in [-0.39, 0.29) is 18.2 Å². The molecule has 0 unspecified atom stereocenters. The molecule has 1 rings (SSSR count). The summed E-state index contributed by atoms with van der Waals surface area (Å²) in [7, 11) is 0. The Balaban J connectivity index is 2.78. The molecule has 0 aliphatic heterocycles. The van der Waals surface area contributed by atoms with Crippen molar-refractivity contribution in [2.24, 2.45) is 0 Å². The van der Waals surface area contributed by atoms with Crippen molar-refractivity contribution in [2.75, 3.05) is 25.4 Å². The van der Waals surface area contributed by atoms with Gasteiger partial charge in [0.25, 0.3) is 5.91 Å². The van der Waals surface area contributed by atoms with Crippen LogP contribution in [0.25, 0.3) is 0 Å². The van der Waals surface area contributed by atoms with Crippen LogP contribution in [0.5, 0.6) is 0 Å². The van der Waals surface area contributed by atoms with Crippen molar-refractivity contribution in [3.63, 3.8) is 0 Å². The van der Waals surface area contributed by atoms with E-state index < -0.39 is 0 Å². The molecule has 0 saturated heterocycles. The van der Waals surface area contributed by atoms with E-state index in [2.05, 4.69) is 10.2 Å². The normalized spacial score (nSPS) is 10.1. The van der Waals surface area contributed by atoms with E-state index >= 15 is 0 Å². The van der Waals surface area contributed by atoms with Crippen molar-refractivity contribution in [2.45, 2.75) is 6.92 Å².